The predicted octanol–water partition coefficient (Wildman–Crippen LogP) is 3.17. The molecule has 24 heavy (non-hydrogen) atoms. The zero-order valence-electron chi connectivity index (χ0n) is 14.3. The van der Waals surface area contributed by atoms with Gasteiger partial charge in [-0.2, -0.15) is 0 Å². The summed E-state index contributed by atoms with van der Waals surface area (Å²) in [5.41, 5.74) is 3.93. The molecule has 3 atom stereocenters. The number of carbonyl (C=O) groups is 2. The fraction of sp³-hybridized carbons (Fsp3) is 0.579. The third-order valence-corrected chi connectivity index (χ3v) is 5.64. The summed E-state index contributed by atoms with van der Waals surface area (Å²) in [6, 6.07) is 0. The molecule has 0 spiro atoms. The molecule has 4 aliphatic rings. The molecule has 0 bridgehead atoms. The summed E-state index contributed by atoms with van der Waals surface area (Å²) in [5.74, 6) is -0.671. The third-order valence-electron chi connectivity index (χ3n) is 5.64. The van der Waals surface area contributed by atoms with Crippen molar-refractivity contribution in [2.45, 2.75) is 58.8 Å². The molecule has 0 aromatic carbocycles. The second-order valence-corrected chi connectivity index (χ2v) is 7.72. The predicted molar refractivity (Wildman–Crippen MR) is 85.5 cm³/mol. The highest BCUT2D eigenvalue weighted by molar-refractivity contribution is 5.92. The summed E-state index contributed by atoms with van der Waals surface area (Å²) < 4.78 is 16.2. The van der Waals surface area contributed by atoms with Gasteiger partial charge in [0.15, 0.2) is 0 Å². The van der Waals surface area contributed by atoms with Gasteiger partial charge in [-0.15, -0.1) is 0 Å². The molecule has 128 valence electrons. The Balaban J connectivity index is 1.55. The van der Waals surface area contributed by atoms with Crippen molar-refractivity contribution in [1.82, 2.24) is 0 Å². The largest absolute Gasteiger partial charge is 0.458 e. The first kappa shape index (κ1) is 15.5. The lowest BCUT2D eigenvalue weighted by Gasteiger charge is -2.34. The SMILES string of the molecule is CC1=CC(O/C=C2\C(=O)OC3C4=C(CCCC4(C)C)CC23)OC1=O. The van der Waals surface area contributed by atoms with Crippen molar-refractivity contribution >= 4 is 11.9 Å². The van der Waals surface area contributed by atoms with Gasteiger partial charge in [-0.3, -0.25) is 0 Å². The van der Waals surface area contributed by atoms with Crippen LogP contribution in [0.4, 0.5) is 0 Å². The van der Waals surface area contributed by atoms with Gasteiger partial charge >= 0.3 is 11.9 Å². The van der Waals surface area contributed by atoms with Crippen molar-refractivity contribution in [2.24, 2.45) is 11.3 Å². The standard InChI is InChI=1S/C19H22O5/c1-10-7-14(23-17(10)20)22-9-13-12-8-11-5-4-6-19(2,3)15(11)16(12)24-18(13)21/h7,9,12,14,16H,4-6,8H2,1-3H3/b13-9-. The molecule has 0 aromatic rings. The molecule has 1 saturated heterocycles. The molecule has 5 nitrogen and oxygen atoms in total. The van der Waals surface area contributed by atoms with Crippen LogP contribution < -0.4 is 0 Å². The third kappa shape index (κ3) is 2.29. The normalized spacial score (nSPS) is 35.5. The number of hydrogen-bond acceptors (Lipinski definition) is 5. The van der Waals surface area contributed by atoms with Gasteiger partial charge in [0, 0.05) is 17.6 Å². The first-order valence-electron chi connectivity index (χ1n) is 8.55. The Kier molecular flexibility index (Phi) is 3.37. The Morgan fingerprint density at radius 1 is 1.25 bits per heavy atom. The molecule has 1 fully saturated rings. The number of ether oxygens (including phenoxy) is 3. The van der Waals surface area contributed by atoms with Crippen molar-refractivity contribution in [1.29, 1.82) is 0 Å². The molecule has 2 aliphatic heterocycles. The van der Waals surface area contributed by atoms with Gasteiger partial charge in [0.1, 0.15) is 6.10 Å². The van der Waals surface area contributed by atoms with E-state index in [0.717, 1.165) is 19.3 Å². The number of hydrogen-bond donors (Lipinski definition) is 0. The van der Waals surface area contributed by atoms with E-state index in [4.69, 9.17) is 14.2 Å². The summed E-state index contributed by atoms with van der Waals surface area (Å²) in [7, 11) is 0. The number of allylic oxidation sites excluding steroid dienone is 1. The number of rotatable bonds is 2. The van der Waals surface area contributed by atoms with Crippen LogP contribution >= 0.6 is 0 Å². The van der Waals surface area contributed by atoms with Gasteiger partial charge in [-0.05, 0) is 43.6 Å². The van der Waals surface area contributed by atoms with Crippen LogP contribution in [0.3, 0.4) is 0 Å². The minimum Gasteiger partial charge on any atom is -0.458 e. The summed E-state index contributed by atoms with van der Waals surface area (Å²) in [5, 5.41) is 0. The molecule has 5 heteroatoms. The van der Waals surface area contributed by atoms with Crippen molar-refractivity contribution in [2.75, 3.05) is 0 Å². The second-order valence-electron chi connectivity index (χ2n) is 7.72. The van der Waals surface area contributed by atoms with E-state index in [1.165, 1.54) is 23.8 Å². The Labute approximate surface area is 141 Å². The van der Waals surface area contributed by atoms with Crippen LogP contribution in [0.25, 0.3) is 0 Å². The van der Waals surface area contributed by atoms with Gasteiger partial charge < -0.3 is 14.2 Å². The van der Waals surface area contributed by atoms with E-state index in [-0.39, 0.29) is 29.4 Å². The van der Waals surface area contributed by atoms with Crippen LogP contribution in [-0.2, 0) is 23.8 Å². The van der Waals surface area contributed by atoms with E-state index < -0.39 is 6.29 Å². The first-order chi connectivity index (χ1) is 11.4. The van der Waals surface area contributed by atoms with E-state index in [1.54, 1.807) is 13.0 Å². The molecule has 2 aliphatic carbocycles. The molecule has 0 aromatic heterocycles. The second kappa shape index (κ2) is 5.23. The minimum absolute atomic E-state index is 0.0297. The van der Waals surface area contributed by atoms with Gasteiger partial charge in [0.05, 0.1) is 11.8 Å². The van der Waals surface area contributed by atoms with Crippen LogP contribution in [0.1, 0.15) is 46.5 Å². The van der Waals surface area contributed by atoms with Crippen LogP contribution in [0, 0.1) is 11.3 Å². The Hall–Kier alpha value is -2.04. The molecule has 0 amide bonds. The number of cyclic esters (lactones) is 1. The highest BCUT2D eigenvalue weighted by Gasteiger charge is 2.52. The molecule has 3 unspecified atom stereocenters. The molecule has 0 saturated carbocycles. The van der Waals surface area contributed by atoms with E-state index in [9.17, 15) is 9.59 Å². The van der Waals surface area contributed by atoms with Crippen molar-refractivity contribution in [3.8, 4) is 0 Å². The summed E-state index contributed by atoms with van der Waals surface area (Å²) in [6.07, 6.45) is 6.42. The Bertz CT molecular complexity index is 709. The summed E-state index contributed by atoms with van der Waals surface area (Å²) in [4.78, 5) is 23.7. The van der Waals surface area contributed by atoms with E-state index in [2.05, 4.69) is 13.8 Å². The number of carbonyl (C=O) groups excluding carboxylic acids is 2. The van der Waals surface area contributed by atoms with Gasteiger partial charge in [0.2, 0.25) is 0 Å². The van der Waals surface area contributed by atoms with Gasteiger partial charge in [-0.25, -0.2) is 9.59 Å². The maximum Gasteiger partial charge on any atom is 0.338 e. The summed E-state index contributed by atoms with van der Waals surface area (Å²) >= 11 is 0. The fourth-order valence-corrected chi connectivity index (χ4v) is 4.46. The average molecular weight is 330 g/mol. The molecule has 2 heterocycles. The molecule has 0 radical (unpaired) electrons. The zero-order valence-corrected chi connectivity index (χ0v) is 14.3. The van der Waals surface area contributed by atoms with Crippen LogP contribution in [0.2, 0.25) is 0 Å². The zero-order chi connectivity index (χ0) is 17.1. The first-order valence-corrected chi connectivity index (χ1v) is 8.55. The van der Waals surface area contributed by atoms with E-state index >= 15 is 0 Å². The maximum atomic E-state index is 12.3. The summed E-state index contributed by atoms with van der Waals surface area (Å²) in [6.45, 7) is 6.15. The molecule has 0 N–H and O–H groups in total. The lowest BCUT2D eigenvalue weighted by atomic mass is 9.72. The molecular formula is C19H22O5. The Morgan fingerprint density at radius 2 is 2.04 bits per heavy atom. The van der Waals surface area contributed by atoms with E-state index in [1.807, 2.05) is 0 Å². The lowest BCUT2D eigenvalue weighted by molar-refractivity contribution is -0.152. The van der Waals surface area contributed by atoms with Crippen LogP contribution in [0.5, 0.6) is 0 Å². The van der Waals surface area contributed by atoms with Gasteiger partial charge in [-0.1, -0.05) is 19.4 Å². The minimum atomic E-state index is -0.753. The highest BCUT2D eigenvalue weighted by atomic mass is 16.7. The molecule has 4 rings (SSSR count). The Morgan fingerprint density at radius 3 is 2.75 bits per heavy atom. The van der Waals surface area contributed by atoms with Gasteiger partial charge in [0.25, 0.3) is 6.29 Å². The average Bonchev–Trinajstić information content (AvgIpc) is 3.10. The smallest absolute Gasteiger partial charge is 0.338 e. The maximum absolute atomic E-state index is 12.3. The van der Waals surface area contributed by atoms with Crippen molar-refractivity contribution in [3.63, 3.8) is 0 Å². The van der Waals surface area contributed by atoms with E-state index in [0.29, 0.717) is 11.1 Å². The fourth-order valence-electron chi connectivity index (χ4n) is 4.46. The quantitative estimate of drug-likeness (QED) is 0.337. The van der Waals surface area contributed by atoms with Crippen molar-refractivity contribution < 1.29 is 23.8 Å². The van der Waals surface area contributed by atoms with Crippen LogP contribution in [0.15, 0.2) is 34.6 Å². The topological polar surface area (TPSA) is 61.8 Å². The lowest BCUT2D eigenvalue weighted by Crippen LogP contribution is -2.27. The van der Waals surface area contributed by atoms with Crippen LogP contribution in [-0.4, -0.2) is 24.3 Å². The highest BCUT2D eigenvalue weighted by Crippen LogP contribution is 2.54. The molecular weight excluding hydrogens is 308 g/mol. The number of fused-ring (bicyclic) bond motifs is 2. The number of esters is 2. The van der Waals surface area contributed by atoms with Crippen molar-refractivity contribution in [3.05, 3.63) is 34.6 Å². The monoisotopic (exact) mass is 330 g/mol.